The molecule has 0 saturated carbocycles. The van der Waals surface area contributed by atoms with Gasteiger partial charge in [0.05, 0.1) is 26.9 Å². The summed E-state index contributed by atoms with van der Waals surface area (Å²) >= 11 is 0. The van der Waals surface area contributed by atoms with Crippen LogP contribution in [0.1, 0.15) is 25.7 Å². The summed E-state index contributed by atoms with van der Waals surface area (Å²) in [6.45, 7) is 1.86. The van der Waals surface area contributed by atoms with E-state index in [1.165, 1.54) is 9.80 Å². The van der Waals surface area contributed by atoms with Crippen molar-refractivity contribution in [2.75, 3.05) is 28.2 Å². The summed E-state index contributed by atoms with van der Waals surface area (Å²) < 4.78 is 14.6. The molecule has 1 aromatic carbocycles. The molecule has 18 heteroatoms. The topological polar surface area (TPSA) is 216 Å². The molecule has 0 unspecified atom stereocenters. The number of carbonyl (C=O) groups is 2. The summed E-state index contributed by atoms with van der Waals surface area (Å²) in [5.74, 6) is -0.116. The van der Waals surface area contributed by atoms with Crippen molar-refractivity contribution < 1.29 is 48.1 Å². The number of nitrogens with zero attached hydrogens (tertiary/aromatic N) is 7. The Morgan fingerprint density at radius 3 is 1.30 bits per heavy atom. The molecule has 2 heterocycles. The zero-order valence-electron chi connectivity index (χ0n) is 25.7. The number of ether oxygens (including phenoxy) is 2. The fourth-order valence-corrected chi connectivity index (χ4v) is 3.62. The minimum atomic E-state index is -1.21. The first-order valence-corrected chi connectivity index (χ1v) is 13.8. The normalized spacial score (nSPS) is 10.2. The summed E-state index contributed by atoms with van der Waals surface area (Å²) in [6.07, 6.45) is 11.4. The number of carbonyl (C=O) groups excluding carboxylic acids is 2. The number of unbranched alkanes of at least 4 members (excludes halogenated alkanes) is 3. The molecule has 2 aromatic heterocycles. The van der Waals surface area contributed by atoms with E-state index in [0.717, 1.165) is 38.8 Å². The lowest BCUT2D eigenvalue weighted by atomic mass is 10.2. The minimum absolute atomic E-state index is 0.380. The maximum absolute atomic E-state index is 11.5. The molecule has 3 rings (SSSR count). The SMILES string of the molecule is CN(C)C(=O)Oc1cc[n+](CCCCCC[n+]2ccc(OC(=O)N(C)C)cc2)cc1.O=[N+]([O-])c1cc([N+](=O)[O-])c(O)c([N+](=O)[O-])c1. The van der Waals surface area contributed by atoms with E-state index in [-0.39, 0.29) is 12.2 Å². The van der Waals surface area contributed by atoms with Gasteiger partial charge in [-0.05, 0) is 12.8 Å². The van der Waals surface area contributed by atoms with Gasteiger partial charge in [-0.15, -0.1) is 0 Å². The van der Waals surface area contributed by atoms with Gasteiger partial charge in [-0.1, -0.05) is 0 Å². The van der Waals surface area contributed by atoms with Crippen molar-refractivity contribution in [3.63, 3.8) is 0 Å². The van der Waals surface area contributed by atoms with Crippen molar-refractivity contribution in [3.8, 4) is 17.2 Å². The van der Waals surface area contributed by atoms with E-state index in [1.54, 1.807) is 52.5 Å². The number of hydrogen-bond acceptors (Lipinski definition) is 11. The smallest absolute Gasteiger partial charge is 0.414 e. The van der Waals surface area contributed by atoms with E-state index in [2.05, 4.69) is 9.13 Å². The molecule has 18 nitrogen and oxygen atoms in total. The van der Waals surface area contributed by atoms with Crippen LogP contribution >= 0.6 is 0 Å². The second-order valence-corrected chi connectivity index (χ2v) is 10.1. The lowest BCUT2D eigenvalue weighted by Crippen LogP contribution is -2.33. The molecule has 0 aliphatic rings. The number of aromatic nitrogens is 2. The van der Waals surface area contributed by atoms with Crippen molar-refractivity contribution in [2.24, 2.45) is 0 Å². The van der Waals surface area contributed by atoms with Gasteiger partial charge in [-0.25, -0.2) is 18.7 Å². The molecule has 0 fully saturated rings. The van der Waals surface area contributed by atoms with Crippen LogP contribution in [0.3, 0.4) is 0 Å². The van der Waals surface area contributed by atoms with E-state index in [4.69, 9.17) is 14.6 Å². The van der Waals surface area contributed by atoms with Gasteiger partial charge < -0.3 is 24.4 Å². The molecule has 2 amide bonds. The van der Waals surface area contributed by atoms with Gasteiger partial charge >= 0.3 is 23.6 Å². The number of pyridine rings is 2. The van der Waals surface area contributed by atoms with Crippen molar-refractivity contribution in [1.29, 1.82) is 0 Å². The number of amides is 2. The predicted octanol–water partition coefficient (Wildman–Crippen LogP) is 3.76. The molecule has 0 atom stereocenters. The van der Waals surface area contributed by atoms with Crippen LogP contribution in [0.5, 0.6) is 17.2 Å². The highest BCUT2D eigenvalue weighted by Gasteiger charge is 2.30. The Hall–Kier alpha value is -5.94. The molecule has 246 valence electrons. The van der Waals surface area contributed by atoms with Gasteiger partial charge in [0.2, 0.25) is 0 Å². The second kappa shape index (κ2) is 17.4. The first kappa shape index (κ1) is 36.3. The number of nitro benzene ring substituents is 3. The molecule has 0 spiro atoms. The molecule has 0 aliphatic carbocycles. The fourth-order valence-electron chi connectivity index (χ4n) is 3.62. The van der Waals surface area contributed by atoms with Gasteiger partial charge in [-0.2, -0.15) is 0 Å². The van der Waals surface area contributed by atoms with E-state index in [0.29, 0.717) is 23.6 Å². The molecule has 0 aliphatic heterocycles. The molecule has 0 radical (unpaired) electrons. The second-order valence-electron chi connectivity index (χ2n) is 10.1. The van der Waals surface area contributed by atoms with Gasteiger partial charge in [-0.3, -0.25) is 30.3 Å². The maximum Gasteiger partial charge on any atom is 0.414 e. The average Bonchev–Trinajstić information content (AvgIpc) is 3.00. The highest BCUT2D eigenvalue weighted by atomic mass is 16.6. The first-order valence-electron chi connectivity index (χ1n) is 13.8. The molecular weight excluding hydrogens is 610 g/mol. The van der Waals surface area contributed by atoms with E-state index in [9.17, 15) is 39.9 Å². The lowest BCUT2D eigenvalue weighted by Gasteiger charge is -2.09. The van der Waals surface area contributed by atoms with Crippen LogP contribution in [0.2, 0.25) is 0 Å². The number of non-ortho nitro benzene ring substituents is 1. The van der Waals surface area contributed by atoms with Gasteiger partial charge in [0.1, 0.15) is 24.6 Å². The molecule has 3 aromatic rings. The number of rotatable bonds is 12. The van der Waals surface area contributed by atoms with Crippen molar-refractivity contribution in [2.45, 2.75) is 38.8 Å². The number of phenols is 1. The summed E-state index contributed by atoms with van der Waals surface area (Å²) in [4.78, 5) is 53.6. The quantitative estimate of drug-likeness (QED) is 0.129. The molecule has 0 saturated heterocycles. The van der Waals surface area contributed by atoms with Crippen molar-refractivity contribution in [1.82, 2.24) is 9.80 Å². The summed E-state index contributed by atoms with van der Waals surface area (Å²) in [5.41, 5.74) is -3.00. The Labute approximate surface area is 263 Å². The van der Waals surface area contributed by atoms with Gasteiger partial charge in [0.15, 0.2) is 24.8 Å². The summed E-state index contributed by atoms with van der Waals surface area (Å²) in [7, 11) is 6.62. The third-order valence-corrected chi connectivity index (χ3v) is 6.10. The number of aromatic hydroxyl groups is 1. The highest BCUT2D eigenvalue weighted by molar-refractivity contribution is 5.70. The first-order chi connectivity index (χ1) is 21.7. The zero-order chi connectivity index (χ0) is 34.4. The number of nitro groups is 3. The Morgan fingerprint density at radius 2 is 1.02 bits per heavy atom. The molecule has 46 heavy (non-hydrogen) atoms. The molecule has 1 N–H and O–H groups in total. The third kappa shape index (κ3) is 11.6. The van der Waals surface area contributed by atoms with Crippen LogP contribution < -0.4 is 18.6 Å². The minimum Gasteiger partial charge on any atom is -0.497 e. The lowest BCUT2D eigenvalue weighted by molar-refractivity contribution is -0.698. The number of aryl methyl sites for hydroxylation is 2. The van der Waals surface area contributed by atoms with E-state index < -0.39 is 37.6 Å². The van der Waals surface area contributed by atoms with Gasteiger partial charge in [0, 0.05) is 65.3 Å². The molecular formula is C28H35N7O11+2. The van der Waals surface area contributed by atoms with E-state index in [1.807, 2.05) is 24.8 Å². The average molecular weight is 646 g/mol. The van der Waals surface area contributed by atoms with Crippen molar-refractivity contribution in [3.05, 3.63) is 91.5 Å². The summed E-state index contributed by atoms with van der Waals surface area (Å²) in [6, 6.07) is 8.11. The van der Waals surface area contributed by atoms with Gasteiger partial charge in [0.25, 0.3) is 11.4 Å². The van der Waals surface area contributed by atoms with Crippen molar-refractivity contribution >= 4 is 29.2 Å². The Balaban J connectivity index is 0.000000387. The largest absolute Gasteiger partial charge is 0.497 e. The monoisotopic (exact) mass is 645 g/mol. The molecule has 0 bridgehead atoms. The van der Waals surface area contributed by atoms with Crippen LogP contribution in [0.25, 0.3) is 0 Å². The van der Waals surface area contributed by atoms with Crippen LogP contribution in [-0.2, 0) is 13.1 Å². The number of phenolic OH excluding ortho intramolecular Hbond substituents is 1. The van der Waals surface area contributed by atoms with Crippen LogP contribution in [0.4, 0.5) is 26.7 Å². The number of hydrogen-bond donors (Lipinski definition) is 1. The maximum atomic E-state index is 11.5. The van der Waals surface area contributed by atoms with Crippen LogP contribution in [-0.4, -0.2) is 70.1 Å². The predicted molar refractivity (Wildman–Crippen MR) is 159 cm³/mol. The Kier molecular flexibility index (Phi) is 13.7. The zero-order valence-corrected chi connectivity index (χ0v) is 25.7. The Morgan fingerprint density at radius 1 is 0.674 bits per heavy atom. The Bertz CT molecular complexity index is 1430. The fraction of sp³-hybridized carbons (Fsp3) is 0.357. The van der Waals surface area contributed by atoms with Crippen LogP contribution in [0, 0.1) is 30.3 Å². The van der Waals surface area contributed by atoms with Crippen LogP contribution in [0.15, 0.2) is 61.2 Å². The van der Waals surface area contributed by atoms with E-state index >= 15 is 0 Å². The third-order valence-electron chi connectivity index (χ3n) is 6.10. The highest BCUT2D eigenvalue weighted by Crippen LogP contribution is 2.38. The number of benzene rings is 1. The summed E-state index contributed by atoms with van der Waals surface area (Å²) in [5, 5.41) is 40.2. The standard InChI is InChI=1S/C22H32N4O4.C6H3N3O7/c1-23(2)21(27)29-19-9-15-25(16-10-19)13-7-5-6-8-14-26-17-11-20(12-18-26)30-22(28)24(3)4;10-6-4(8(13)14)1-3(7(11)12)2-5(6)9(15)16/h9-12,15-18H,5-8,13-14H2,1-4H3;1-2,10H/q+2;.